The van der Waals surface area contributed by atoms with Gasteiger partial charge in [0.2, 0.25) is 6.10 Å². The number of ketones is 2. The monoisotopic (exact) mass is 802 g/mol. The molecule has 3 aromatic carbocycles. The van der Waals surface area contributed by atoms with Crippen LogP contribution in [0.15, 0.2) is 51.2 Å². The number of hydrogen-bond acceptors (Lipinski definition) is 9. The average Bonchev–Trinajstić information content (AvgIpc) is 3.66. The third-order valence-electron chi connectivity index (χ3n) is 12.4. The maximum atomic E-state index is 13.2. The third kappa shape index (κ3) is 6.77. The van der Waals surface area contributed by atoms with Crippen LogP contribution in [0.3, 0.4) is 0 Å². The summed E-state index contributed by atoms with van der Waals surface area (Å²) in [6, 6.07) is 10.8. The fourth-order valence-corrected chi connectivity index (χ4v) is 9.62. The summed E-state index contributed by atoms with van der Waals surface area (Å²) in [7, 11) is 0. The number of benzene rings is 3. The van der Waals surface area contributed by atoms with E-state index >= 15 is 0 Å². The molecular weight excluding hydrogens is 757 g/mol. The Kier molecular flexibility index (Phi) is 10.6. The van der Waals surface area contributed by atoms with E-state index in [-0.39, 0.29) is 75.4 Å². The van der Waals surface area contributed by atoms with E-state index in [0.717, 1.165) is 16.7 Å². The second kappa shape index (κ2) is 14.9. The minimum absolute atomic E-state index is 0.00819. The SMILES string of the molecule is CC1Cc2c(cc3c(c2S(=O)O)Oc2c(S(=O)O)c4c(cc2=C3c2ccc(C(=O)NCCCCCC(=O)OC3C(=O)CCC3=O)cc2)C(C)(C)C(C)N=4)C1(C)C. The molecule has 4 atom stereocenters. The van der Waals surface area contributed by atoms with Gasteiger partial charge in [0.15, 0.2) is 45.2 Å². The number of unbranched alkanes of at least 4 members (excludes halogenated alkanes) is 2. The number of nitrogens with one attached hydrogen (secondary N) is 1. The summed E-state index contributed by atoms with van der Waals surface area (Å²) >= 11 is -4.98. The van der Waals surface area contributed by atoms with Crippen LogP contribution in [0.1, 0.15) is 118 Å². The topological polar surface area (TPSA) is 186 Å². The number of amides is 1. The summed E-state index contributed by atoms with van der Waals surface area (Å²) in [4.78, 5) is 53.7. The van der Waals surface area contributed by atoms with E-state index < -0.39 is 39.6 Å². The Morgan fingerprint density at radius 1 is 0.893 bits per heavy atom. The summed E-state index contributed by atoms with van der Waals surface area (Å²) in [5.74, 6) is -1.18. The Morgan fingerprint density at radius 2 is 1.55 bits per heavy atom. The molecule has 1 saturated carbocycles. The quantitative estimate of drug-likeness (QED) is 0.0798. The number of fused-ring (bicyclic) bond motifs is 4. The standard InChI is InChI=1S/C42H46N2O10S2/c1-21-18-25-28(41(21,3)4)19-26-33(27-20-29-34(44-22(2)42(29,5)6)39(56(51)52)36(27)54-35(26)38(25)55(49)50)23-11-13-24(14-12-23)40(48)43-17-9-7-8-10-32(47)53-37-30(45)15-16-31(37)46/h11-14,19-22,37H,7-10,15-18H2,1-6H3,(H,43,48)(H,49,50)(H,51,52). The largest absolute Gasteiger partial charge is 0.453 e. The number of ether oxygens (including phenoxy) is 2. The fourth-order valence-electron chi connectivity index (χ4n) is 8.27. The smallest absolute Gasteiger partial charge is 0.306 e. The maximum absolute atomic E-state index is 13.2. The van der Waals surface area contributed by atoms with E-state index in [9.17, 15) is 36.7 Å². The number of esters is 1. The predicted molar refractivity (Wildman–Crippen MR) is 208 cm³/mol. The van der Waals surface area contributed by atoms with E-state index in [1.54, 1.807) is 24.3 Å². The Morgan fingerprint density at radius 3 is 2.20 bits per heavy atom. The maximum Gasteiger partial charge on any atom is 0.306 e. The summed E-state index contributed by atoms with van der Waals surface area (Å²) in [5, 5.41) is 3.84. The van der Waals surface area contributed by atoms with Gasteiger partial charge in [0.1, 0.15) is 9.79 Å². The van der Waals surface area contributed by atoms with Gasteiger partial charge in [0, 0.05) is 53.1 Å². The lowest BCUT2D eigenvalue weighted by Gasteiger charge is -2.30. The van der Waals surface area contributed by atoms with Crippen molar-refractivity contribution in [3.05, 3.63) is 80.4 Å². The molecule has 2 aliphatic carbocycles. The van der Waals surface area contributed by atoms with Gasteiger partial charge in [-0.2, -0.15) is 0 Å². The highest BCUT2D eigenvalue weighted by Gasteiger charge is 2.44. The first kappa shape index (κ1) is 39.8. The fraction of sp³-hybridized carbons (Fsp3) is 0.452. The Balaban J connectivity index is 1.20. The van der Waals surface area contributed by atoms with Gasteiger partial charge in [-0.15, -0.1) is 0 Å². The number of carbonyl (C=O) groups is 4. The second-order valence-corrected chi connectivity index (χ2v) is 18.2. The van der Waals surface area contributed by atoms with E-state index in [4.69, 9.17) is 14.5 Å². The molecule has 296 valence electrons. The molecule has 3 N–H and O–H groups in total. The van der Waals surface area contributed by atoms with Gasteiger partial charge in [-0.05, 0) is 84.0 Å². The lowest BCUT2D eigenvalue weighted by atomic mass is 9.78. The molecule has 0 aromatic heterocycles. The number of carbonyl (C=O) groups excluding carboxylic acids is 4. The van der Waals surface area contributed by atoms with Crippen molar-refractivity contribution in [1.29, 1.82) is 0 Å². The molecule has 14 heteroatoms. The number of hydrogen-bond donors (Lipinski definition) is 3. The van der Waals surface area contributed by atoms with Gasteiger partial charge in [-0.25, -0.2) is 8.42 Å². The lowest BCUT2D eigenvalue weighted by molar-refractivity contribution is -0.157. The zero-order valence-electron chi connectivity index (χ0n) is 32.3. The molecule has 2 heterocycles. The van der Waals surface area contributed by atoms with Crippen molar-refractivity contribution in [2.45, 2.75) is 119 Å². The van der Waals surface area contributed by atoms with Crippen molar-refractivity contribution in [1.82, 2.24) is 5.32 Å². The molecule has 4 aliphatic rings. The summed E-state index contributed by atoms with van der Waals surface area (Å²) in [5.41, 5.74) is 3.97. The Hall–Kier alpha value is -4.37. The van der Waals surface area contributed by atoms with Gasteiger partial charge in [-0.1, -0.05) is 53.2 Å². The lowest BCUT2D eigenvalue weighted by Crippen LogP contribution is -2.32. The molecule has 0 radical (unpaired) electrons. The van der Waals surface area contributed by atoms with Gasteiger partial charge in [0.25, 0.3) is 5.91 Å². The van der Waals surface area contributed by atoms with Crippen molar-refractivity contribution < 1.29 is 46.2 Å². The third-order valence-corrected chi connectivity index (χ3v) is 13.9. The normalized spacial score (nSPS) is 21.3. The van der Waals surface area contributed by atoms with Gasteiger partial charge >= 0.3 is 5.97 Å². The van der Waals surface area contributed by atoms with Crippen molar-refractivity contribution in [2.75, 3.05) is 6.54 Å². The first-order valence-electron chi connectivity index (χ1n) is 19.0. The van der Waals surface area contributed by atoms with Crippen LogP contribution in [0.4, 0.5) is 0 Å². The van der Waals surface area contributed by atoms with Crippen LogP contribution in [0, 0.1) is 5.92 Å². The number of rotatable bonds is 11. The Bertz CT molecular complexity index is 2370. The molecule has 1 fully saturated rings. The van der Waals surface area contributed by atoms with Gasteiger partial charge in [-0.3, -0.25) is 24.2 Å². The summed E-state index contributed by atoms with van der Waals surface area (Å²) in [6.45, 7) is 12.7. The molecule has 2 aliphatic heterocycles. The van der Waals surface area contributed by atoms with Crippen molar-refractivity contribution in [3.63, 3.8) is 0 Å². The van der Waals surface area contributed by atoms with Crippen molar-refractivity contribution in [3.8, 4) is 11.5 Å². The first-order chi connectivity index (χ1) is 26.4. The highest BCUT2D eigenvalue weighted by atomic mass is 32.2. The van der Waals surface area contributed by atoms with Crippen molar-refractivity contribution in [2.24, 2.45) is 10.9 Å². The minimum atomic E-state index is -2.52. The molecular formula is C42H46N2O10S2. The van der Waals surface area contributed by atoms with Crippen LogP contribution in [-0.4, -0.2) is 59.7 Å². The predicted octanol–water partition coefficient (Wildman–Crippen LogP) is 5.10. The van der Waals surface area contributed by atoms with Gasteiger partial charge < -0.3 is 23.9 Å². The van der Waals surface area contributed by atoms with Crippen molar-refractivity contribution >= 4 is 51.2 Å². The zero-order valence-corrected chi connectivity index (χ0v) is 33.9. The number of Topliss-reactive ketones (excluding diaryl/α,β-unsaturated/α-hetero) is 2. The zero-order chi connectivity index (χ0) is 40.4. The average molecular weight is 803 g/mol. The molecule has 12 nitrogen and oxygen atoms in total. The highest BCUT2D eigenvalue weighted by molar-refractivity contribution is 7.79. The van der Waals surface area contributed by atoms with Crippen LogP contribution in [0.2, 0.25) is 0 Å². The molecule has 1 amide bonds. The molecule has 3 aromatic rings. The van der Waals surface area contributed by atoms with Gasteiger partial charge in [0.05, 0.1) is 11.4 Å². The highest BCUT2D eigenvalue weighted by Crippen LogP contribution is 2.52. The molecule has 7 rings (SSSR count). The minimum Gasteiger partial charge on any atom is -0.453 e. The van der Waals surface area contributed by atoms with Crippen LogP contribution < -0.4 is 20.6 Å². The molecule has 4 unspecified atom stereocenters. The first-order valence-corrected chi connectivity index (χ1v) is 21.2. The summed E-state index contributed by atoms with van der Waals surface area (Å²) < 4.78 is 59.6. The van der Waals surface area contributed by atoms with Crippen LogP contribution in [-0.2, 0) is 58.5 Å². The molecule has 0 saturated heterocycles. The number of nitrogens with zero attached hydrogens (tertiary/aromatic N) is 1. The molecule has 56 heavy (non-hydrogen) atoms. The van der Waals surface area contributed by atoms with Crippen LogP contribution in [0.25, 0.3) is 5.57 Å². The van der Waals surface area contributed by atoms with E-state index in [1.165, 1.54) is 0 Å². The van der Waals surface area contributed by atoms with E-state index in [2.05, 4.69) is 26.1 Å². The summed E-state index contributed by atoms with van der Waals surface area (Å²) in [6.07, 6.45) is 1.27. The van der Waals surface area contributed by atoms with Crippen LogP contribution >= 0.6 is 0 Å². The van der Waals surface area contributed by atoms with E-state index in [1.807, 2.05) is 32.9 Å². The van der Waals surface area contributed by atoms with Crippen LogP contribution in [0.5, 0.6) is 11.5 Å². The molecule has 0 spiro atoms. The Labute approximate surface area is 330 Å². The van der Waals surface area contributed by atoms with E-state index in [0.29, 0.717) is 65.1 Å². The second-order valence-electron chi connectivity index (χ2n) is 16.4. The molecule has 0 bridgehead atoms.